The molecule has 19 heteroatoms. The first-order chi connectivity index (χ1) is 26.5. The minimum atomic E-state index is -3.81. The molecule has 292 valence electrons. The molecule has 56 heavy (non-hydrogen) atoms. The predicted molar refractivity (Wildman–Crippen MR) is 195 cm³/mol. The van der Waals surface area contributed by atoms with Crippen LogP contribution in [0, 0.1) is 17.6 Å². The summed E-state index contributed by atoms with van der Waals surface area (Å²) in [7, 11) is -2.24. The zero-order valence-electron chi connectivity index (χ0n) is 29.5. The minimum absolute atomic E-state index is 0.0410. The highest BCUT2D eigenvalue weighted by Crippen LogP contribution is 2.68. The van der Waals surface area contributed by atoms with Gasteiger partial charge in [0.15, 0.2) is 5.82 Å². The van der Waals surface area contributed by atoms with Crippen LogP contribution in [0.3, 0.4) is 0 Å². The number of carbonyl (C=O) groups excluding carboxylic acids is 1. The van der Waals surface area contributed by atoms with E-state index in [0.717, 1.165) is 24.0 Å². The molecule has 0 radical (unpaired) electrons. The van der Waals surface area contributed by atoms with Gasteiger partial charge >= 0.3 is 0 Å². The van der Waals surface area contributed by atoms with Crippen LogP contribution in [-0.4, -0.2) is 63.4 Å². The quantitative estimate of drug-likeness (QED) is 0.143. The predicted octanol–water partition coefficient (Wildman–Crippen LogP) is 6.66. The molecule has 1 saturated carbocycles. The molecular formula is C37H31ClF6N8O3S. The fourth-order valence-corrected chi connectivity index (χ4v) is 8.66. The van der Waals surface area contributed by atoms with Gasteiger partial charge in [0, 0.05) is 60.6 Å². The lowest BCUT2D eigenvalue weighted by Crippen LogP contribution is -2.45. The van der Waals surface area contributed by atoms with Gasteiger partial charge in [-0.15, -0.1) is 0 Å². The van der Waals surface area contributed by atoms with Crippen molar-refractivity contribution in [1.82, 2.24) is 29.9 Å². The lowest BCUT2D eigenvalue weighted by molar-refractivity contribution is -0.122. The van der Waals surface area contributed by atoms with Crippen LogP contribution in [-0.2, 0) is 40.8 Å². The number of nitrogens with zero attached hydrogens (tertiary/aromatic N) is 6. The lowest BCUT2D eigenvalue weighted by atomic mass is 9.85. The summed E-state index contributed by atoms with van der Waals surface area (Å²) in [5.74, 6) is -8.53. The normalized spacial score (nSPS) is 20.4. The van der Waals surface area contributed by atoms with Crippen LogP contribution in [0.5, 0.6) is 0 Å². The Morgan fingerprint density at radius 1 is 1.11 bits per heavy atom. The van der Waals surface area contributed by atoms with Crippen molar-refractivity contribution in [3.05, 3.63) is 111 Å². The topological polar surface area (TPSA) is 136 Å². The smallest absolute Gasteiger partial charge is 0.293 e. The van der Waals surface area contributed by atoms with E-state index in [0.29, 0.717) is 27.4 Å². The molecule has 3 aromatic heterocycles. The second kappa shape index (κ2) is 13.8. The van der Waals surface area contributed by atoms with E-state index < -0.39 is 75.7 Å². The average Bonchev–Trinajstić information content (AvgIpc) is 3.66. The zero-order valence-corrected chi connectivity index (χ0v) is 31.0. The van der Waals surface area contributed by atoms with Crippen molar-refractivity contribution in [2.75, 3.05) is 17.5 Å². The number of benzene rings is 2. The Bertz CT molecular complexity index is 2570. The van der Waals surface area contributed by atoms with Crippen LogP contribution in [0.25, 0.3) is 16.5 Å². The van der Waals surface area contributed by atoms with Gasteiger partial charge in [-0.1, -0.05) is 29.8 Å². The Hall–Kier alpha value is -5.23. The van der Waals surface area contributed by atoms with Gasteiger partial charge in [0.05, 0.1) is 33.9 Å². The van der Waals surface area contributed by atoms with Gasteiger partial charge in [-0.2, -0.15) is 19.0 Å². The molecular weight excluding hydrogens is 786 g/mol. The van der Waals surface area contributed by atoms with E-state index >= 15 is 8.78 Å². The highest BCUT2D eigenvalue weighted by molar-refractivity contribution is 7.92. The summed E-state index contributed by atoms with van der Waals surface area (Å²) in [6.07, 6.45) is 2.70. The van der Waals surface area contributed by atoms with Gasteiger partial charge in [0.2, 0.25) is 15.9 Å². The number of halogens is 7. The fraction of sp³-hybridized carbons (Fsp3) is 0.324. The SMILES string of the molecule is Cn1nc(NS(C)(=O)=O)c2c(Cl)ccc(C3=CC(c4cccnc4)CN=C3C(Cc3cc(F)cc(F)c3)NC(=O)Cn3nc(C(F)F)c4c3C(F)(F)C3CC43)c21. The van der Waals surface area contributed by atoms with E-state index in [4.69, 9.17) is 16.6 Å². The molecule has 5 aromatic rings. The number of aryl methyl sites for hydroxylation is 1. The van der Waals surface area contributed by atoms with E-state index in [-0.39, 0.29) is 58.4 Å². The van der Waals surface area contributed by atoms with Crippen molar-refractivity contribution < 1.29 is 39.6 Å². The Morgan fingerprint density at radius 3 is 2.54 bits per heavy atom. The van der Waals surface area contributed by atoms with E-state index in [1.54, 1.807) is 31.6 Å². The van der Waals surface area contributed by atoms with Gasteiger partial charge in [0.1, 0.15) is 29.6 Å². The number of pyridine rings is 1. The summed E-state index contributed by atoms with van der Waals surface area (Å²) in [6.45, 7) is -0.743. The number of anilines is 1. The first-order valence-corrected chi connectivity index (χ1v) is 19.6. The molecule has 1 aliphatic heterocycles. The Morgan fingerprint density at radius 2 is 1.86 bits per heavy atom. The summed E-state index contributed by atoms with van der Waals surface area (Å²) >= 11 is 6.63. The van der Waals surface area contributed by atoms with Crippen molar-refractivity contribution in [1.29, 1.82) is 0 Å². The van der Waals surface area contributed by atoms with Gasteiger partial charge in [-0.25, -0.2) is 26.0 Å². The number of aliphatic imine (C=N–C) groups is 1. The molecule has 0 saturated heterocycles. The molecule has 3 aliphatic rings. The standard InChI is InChI=1S/C37H31ClF6N8O3S/c1-51-33-22(5-6-26(38)30(33)36(49-51)50-56(2,54)55)23-11-19(18-4-3-7-45-14-18)15-46-31(23)27(10-17-8-20(39)12-21(40)9-17)47-28(53)16-52-34-29(32(48-52)35(41)42)24-13-25(24)37(34,43)44/h3-9,11-12,14,19,24-25,27,35H,10,13,15-16H2,1-2H3,(H,47,53)(H,49,50). The third kappa shape index (κ3) is 6.82. The van der Waals surface area contributed by atoms with Crippen LogP contribution in [0.2, 0.25) is 5.02 Å². The maximum Gasteiger partial charge on any atom is 0.293 e. The first kappa shape index (κ1) is 37.7. The molecule has 4 atom stereocenters. The number of alkyl halides is 4. The number of amides is 1. The number of sulfonamides is 1. The average molecular weight is 817 g/mol. The summed E-state index contributed by atoms with van der Waals surface area (Å²) in [5, 5.41) is 11.3. The molecule has 11 nitrogen and oxygen atoms in total. The van der Waals surface area contributed by atoms with Crippen molar-refractivity contribution in [3.8, 4) is 0 Å². The number of fused-ring (bicyclic) bond motifs is 4. The molecule has 2 aromatic carbocycles. The van der Waals surface area contributed by atoms with E-state index in [1.165, 1.54) is 10.7 Å². The minimum Gasteiger partial charge on any atom is -0.346 e. The van der Waals surface area contributed by atoms with Crippen molar-refractivity contribution in [2.24, 2.45) is 18.0 Å². The van der Waals surface area contributed by atoms with Crippen molar-refractivity contribution in [3.63, 3.8) is 0 Å². The Labute approximate surface area is 320 Å². The maximum absolute atomic E-state index is 15.4. The first-order valence-electron chi connectivity index (χ1n) is 17.3. The molecule has 1 fully saturated rings. The second-order valence-electron chi connectivity index (χ2n) is 14.1. The Kier molecular flexibility index (Phi) is 9.26. The molecule has 4 heterocycles. The third-order valence-electron chi connectivity index (χ3n) is 10.2. The molecule has 0 spiro atoms. The van der Waals surface area contributed by atoms with Crippen LogP contribution >= 0.6 is 11.6 Å². The monoisotopic (exact) mass is 816 g/mol. The van der Waals surface area contributed by atoms with Gasteiger partial charge in [0.25, 0.3) is 12.3 Å². The summed E-state index contributed by atoms with van der Waals surface area (Å²) in [4.78, 5) is 23.0. The number of aromatic nitrogens is 5. The fourth-order valence-electron chi connectivity index (χ4n) is 7.92. The summed E-state index contributed by atoms with van der Waals surface area (Å²) in [5.41, 5.74) is 0.540. The Balaban J connectivity index is 1.24. The van der Waals surface area contributed by atoms with E-state index in [2.05, 4.69) is 25.2 Å². The molecule has 1 amide bonds. The number of hydrogen-bond donors (Lipinski definition) is 2. The number of dihydropyridines is 1. The van der Waals surface area contributed by atoms with Crippen LogP contribution < -0.4 is 10.0 Å². The lowest BCUT2D eigenvalue weighted by Gasteiger charge is -2.29. The largest absolute Gasteiger partial charge is 0.346 e. The molecule has 8 rings (SSSR count). The number of rotatable bonds is 11. The van der Waals surface area contributed by atoms with Crippen LogP contribution in [0.4, 0.5) is 32.2 Å². The highest BCUT2D eigenvalue weighted by atomic mass is 35.5. The van der Waals surface area contributed by atoms with Crippen molar-refractivity contribution in [2.45, 2.75) is 49.6 Å². The highest BCUT2D eigenvalue weighted by Gasteiger charge is 2.67. The van der Waals surface area contributed by atoms with Crippen molar-refractivity contribution >= 4 is 55.5 Å². The van der Waals surface area contributed by atoms with E-state index in [1.807, 2.05) is 12.1 Å². The summed E-state index contributed by atoms with van der Waals surface area (Å²) < 4.78 is 117. The molecule has 0 bridgehead atoms. The zero-order chi connectivity index (χ0) is 39.8. The number of carbonyl (C=O) groups is 1. The maximum atomic E-state index is 15.4. The molecule has 2 aliphatic carbocycles. The summed E-state index contributed by atoms with van der Waals surface area (Å²) in [6, 6.07) is 8.39. The van der Waals surface area contributed by atoms with Gasteiger partial charge in [-0.05, 0) is 54.2 Å². The van der Waals surface area contributed by atoms with Gasteiger partial charge < -0.3 is 5.32 Å². The molecule has 2 N–H and O–H groups in total. The van der Waals surface area contributed by atoms with Crippen LogP contribution in [0.1, 0.15) is 58.3 Å². The molecule has 4 unspecified atom stereocenters. The van der Waals surface area contributed by atoms with Gasteiger partial charge in [-0.3, -0.25) is 28.9 Å². The van der Waals surface area contributed by atoms with E-state index in [9.17, 15) is 30.8 Å². The van der Waals surface area contributed by atoms with Crippen LogP contribution in [0.15, 0.2) is 65.9 Å². The third-order valence-corrected chi connectivity index (χ3v) is 11.1. The number of nitrogens with one attached hydrogen (secondary N) is 2. The number of hydrogen-bond acceptors (Lipinski definition) is 7. The second-order valence-corrected chi connectivity index (χ2v) is 16.3.